The molecule has 2 heterocycles. The van der Waals surface area contributed by atoms with Gasteiger partial charge >= 0.3 is 0 Å². The minimum Gasteiger partial charge on any atom is -0.326 e. The zero-order chi connectivity index (χ0) is 14.8. The molecular weight excluding hydrogens is 286 g/mol. The molecule has 6 nitrogen and oxygen atoms in total. The Morgan fingerprint density at radius 2 is 2.05 bits per heavy atom. The molecule has 0 aliphatic carbocycles. The molecule has 0 spiro atoms. The molecule has 7 heteroatoms. The summed E-state index contributed by atoms with van der Waals surface area (Å²) in [6, 6.07) is 6.01. The molecule has 3 rings (SSSR count). The van der Waals surface area contributed by atoms with Crippen molar-refractivity contribution in [2.45, 2.75) is 26.7 Å². The van der Waals surface area contributed by atoms with E-state index in [-0.39, 0.29) is 5.91 Å². The molecule has 0 bridgehead atoms. The Kier molecular flexibility index (Phi) is 3.66. The van der Waals surface area contributed by atoms with Crippen LogP contribution >= 0.6 is 11.3 Å². The third-order valence-corrected chi connectivity index (χ3v) is 3.97. The van der Waals surface area contributed by atoms with E-state index in [9.17, 15) is 4.79 Å². The second-order valence-electron chi connectivity index (χ2n) is 4.98. The van der Waals surface area contributed by atoms with Crippen molar-refractivity contribution in [3.63, 3.8) is 0 Å². The van der Waals surface area contributed by atoms with Gasteiger partial charge in [0.05, 0.1) is 0 Å². The second-order valence-corrected chi connectivity index (χ2v) is 6.02. The van der Waals surface area contributed by atoms with E-state index in [4.69, 9.17) is 0 Å². The van der Waals surface area contributed by atoms with Crippen molar-refractivity contribution in [2.75, 3.05) is 5.32 Å². The first kappa shape index (κ1) is 13.7. The third kappa shape index (κ3) is 3.25. The largest absolute Gasteiger partial charge is 0.326 e. The van der Waals surface area contributed by atoms with Gasteiger partial charge in [0.1, 0.15) is 11.3 Å². The van der Waals surface area contributed by atoms with Crippen molar-refractivity contribution >= 4 is 27.9 Å². The smallest absolute Gasteiger partial charge is 0.234 e. The fourth-order valence-corrected chi connectivity index (χ4v) is 3.01. The molecule has 108 valence electrons. The van der Waals surface area contributed by atoms with Gasteiger partial charge in [-0.3, -0.25) is 4.79 Å². The van der Waals surface area contributed by atoms with Crippen molar-refractivity contribution in [1.29, 1.82) is 0 Å². The Balaban J connectivity index is 1.60. The first-order valence-corrected chi connectivity index (χ1v) is 7.46. The van der Waals surface area contributed by atoms with E-state index in [0.29, 0.717) is 12.8 Å². The normalized spacial score (nSPS) is 11.0. The zero-order valence-electron chi connectivity index (χ0n) is 11.8. The molecule has 1 amide bonds. The summed E-state index contributed by atoms with van der Waals surface area (Å²) < 4.78 is 1.63. The van der Waals surface area contributed by atoms with Crippen LogP contribution in [0.3, 0.4) is 0 Å². The monoisotopic (exact) mass is 301 g/mol. The van der Waals surface area contributed by atoms with Crippen LogP contribution in [-0.2, 0) is 11.2 Å². The van der Waals surface area contributed by atoms with E-state index in [2.05, 4.69) is 26.7 Å². The number of aromatic nitrogens is 4. The molecule has 0 radical (unpaired) electrons. The summed E-state index contributed by atoms with van der Waals surface area (Å²) in [6.45, 7) is 4.03. The fourth-order valence-electron chi connectivity index (χ4n) is 2.19. The highest BCUT2D eigenvalue weighted by molar-refractivity contribution is 7.16. The molecule has 0 atom stereocenters. The summed E-state index contributed by atoms with van der Waals surface area (Å²) in [5, 5.41) is 15.8. The van der Waals surface area contributed by atoms with Crippen LogP contribution in [0.25, 0.3) is 4.96 Å². The standard InChI is InChI=1S/C14H15N5OS/c1-9-5-10(2)7-11(6-9)16-12(20)3-4-13-18-19-8-15-17-14(19)21-13/h5-8H,3-4H2,1-2H3,(H,16,20). The minimum absolute atomic E-state index is 0.00837. The molecule has 0 aliphatic rings. The molecule has 1 aromatic carbocycles. The van der Waals surface area contributed by atoms with Crippen molar-refractivity contribution in [2.24, 2.45) is 0 Å². The SMILES string of the molecule is Cc1cc(C)cc(NC(=O)CCc2nn3cnnc3s2)c1. The van der Waals surface area contributed by atoms with Gasteiger partial charge in [0.15, 0.2) is 0 Å². The maximum Gasteiger partial charge on any atom is 0.234 e. The zero-order valence-corrected chi connectivity index (χ0v) is 12.6. The number of nitrogens with one attached hydrogen (secondary N) is 1. The van der Waals surface area contributed by atoms with Gasteiger partial charge in [0, 0.05) is 18.5 Å². The van der Waals surface area contributed by atoms with Crippen LogP contribution in [0.5, 0.6) is 0 Å². The fraction of sp³-hybridized carbons (Fsp3) is 0.286. The van der Waals surface area contributed by atoms with E-state index >= 15 is 0 Å². The summed E-state index contributed by atoms with van der Waals surface area (Å²) in [5.41, 5.74) is 3.12. The van der Waals surface area contributed by atoms with Crippen LogP contribution in [-0.4, -0.2) is 25.7 Å². The lowest BCUT2D eigenvalue weighted by Crippen LogP contribution is -2.12. The number of nitrogens with zero attached hydrogens (tertiary/aromatic N) is 4. The molecule has 0 unspecified atom stereocenters. The van der Waals surface area contributed by atoms with Crippen LogP contribution in [0, 0.1) is 13.8 Å². The molecule has 1 N–H and O–H groups in total. The van der Waals surface area contributed by atoms with Crippen LogP contribution < -0.4 is 5.32 Å². The van der Waals surface area contributed by atoms with E-state index in [1.807, 2.05) is 26.0 Å². The average Bonchev–Trinajstić information content (AvgIpc) is 2.95. The number of carbonyl (C=O) groups is 1. The van der Waals surface area contributed by atoms with Gasteiger partial charge < -0.3 is 5.32 Å². The highest BCUT2D eigenvalue weighted by atomic mass is 32.1. The Morgan fingerprint density at radius 1 is 1.29 bits per heavy atom. The Hall–Kier alpha value is -2.28. The minimum atomic E-state index is -0.00837. The third-order valence-electron chi connectivity index (χ3n) is 3.00. The van der Waals surface area contributed by atoms with Gasteiger partial charge in [-0.2, -0.15) is 9.61 Å². The Morgan fingerprint density at radius 3 is 2.76 bits per heavy atom. The number of fused-ring (bicyclic) bond motifs is 1. The second kappa shape index (κ2) is 5.61. The van der Waals surface area contributed by atoms with Crippen LogP contribution in [0.15, 0.2) is 24.5 Å². The van der Waals surface area contributed by atoms with Gasteiger partial charge in [0.25, 0.3) is 0 Å². The lowest BCUT2D eigenvalue weighted by molar-refractivity contribution is -0.116. The number of benzene rings is 1. The topological polar surface area (TPSA) is 72.2 Å². The molecule has 21 heavy (non-hydrogen) atoms. The van der Waals surface area contributed by atoms with Gasteiger partial charge in [-0.15, -0.1) is 10.2 Å². The average molecular weight is 301 g/mol. The number of carbonyl (C=O) groups excluding carboxylic acids is 1. The summed E-state index contributed by atoms with van der Waals surface area (Å²) in [7, 11) is 0. The van der Waals surface area contributed by atoms with Crippen LogP contribution in [0.2, 0.25) is 0 Å². The predicted molar refractivity (Wildman–Crippen MR) is 81.5 cm³/mol. The summed E-state index contributed by atoms with van der Waals surface area (Å²) in [4.78, 5) is 12.7. The van der Waals surface area contributed by atoms with E-state index in [1.54, 1.807) is 10.8 Å². The van der Waals surface area contributed by atoms with Crippen molar-refractivity contribution in [1.82, 2.24) is 19.8 Å². The van der Waals surface area contributed by atoms with Crippen LogP contribution in [0.1, 0.15) is 22.6 Å². The van der Waals surface area contributed by atoms with E-state index in [1.165, 1.54) is 11.3 Å². The van der Waals surface area contributed by atoms with Gasteiger partial charge in [-0.25, -0.2) is 0 Å². The Labute approximate surface area is 125 Å². The summed E-state index contributed by atoms with van der Waals surface area (Å²) in [6.07, 6.45) is 2.56. The first-order valence-electron chi connectivity index (χ1n) is 6.64. The Bertz CT molecular complexity index is 743. The van der Waals surface area contributed by atoms with Gasteiger partial charge in [-0.05, 0) is 37.1 Å². The summed E-state index contributed by atoms with van der Waals surface area (Å²) in [5.74, 6) is -0.00837. The lowest BCUT2D eigenvalue weighted by atomic mass is 10.1. The van der Waals surface area contributed by atoms with Gasteiger partial charge in [-0.1, -0.05) is 17.4 Å². The van der Waals surface area contributed by atoms with Gasteiger partial charge in [0.2, 0.25) is 10.9 Å². The van der Waals surface area contributed by atoms with E-state index in [0.717, 1.165) is 26.8 Å². The lowest BCUT2D eigenvalue weighted by Gasteiger charge is -2.06. The van der Waals surface area contributed by atoms with Crippen molar-refractivity contribution in [3.05, 3.63) is 40.7 Å². The molecular formula is C14H15N5OS. The maximum atomic E-state index is 12.0. The predicted octanol–water partition coefficient (Wildman–Crippen LogP) is 2.37. The molecule has 0 aliphatic heterocycles. The number of amides is 1. The number of hydrogen-bond donors (Lipinski definition) is 1. The molecule has 0 saturated carbocycles. The highest BCUT2D eigenvalue weighted by Gasteiger charge is 2.09. The molecule has 0 fully saturated rings. The van der Waals surface area contributed by atoms with Crippen LogP contribution in [0.4, 0.5) is 5.69 Å². The number of rotatable bonds is 4. The number of hydrogen-bond acceptors (Lipinski definition) is 5. The number of anilines is 1. The molecule has 0 saturated heterocycles. The van der Waals surface area contributed by atoms with E-state index < -0.39 is 0 Å². The number of aryl methyl sites for hydroxylation is 3. The first-order chi connectivity index (χ1) is 10.1. The van der Waals surface area contributed by atoms with Crippen molar-refractivity contribution in [3.8, 4) is 0 Å². The quantitative estimate of drug-likeness (QED) is 0.803. The molecule has 2 aromatic heterocycles. The van der Waals surface area contributed by atoms with Crippen molar-refractivity contribution < 1.29 is 4.79 Å². The molecule has 3 aromatic rings. The maximum absolute atomic E-state index is 12.0. The highest BCUT2D eigenvalue weighted by Crippen LogP contribution is 2.16. The summed E-state index contributed by atoms with van der Waals surface area (Å²) >= 11 is 1.46.